The molecule has 0 unspecified atom stereocenters. The van der Waals surface area contributed by atoms with E-state index >= 15 is 0 Å². The van der Waals surface area contributed by atoms with Gasteiger partial charge in [0, 0.05) is 24.4 Å². The van der Waals surface area contributed by atoms with E-state index in [1.54, 1.807) is 37.4 Å². The molecule has 0 bridgehead atoms. The van der Waals surface area contributed by atoms with Gasteiger partial charge in [0.05, 0.1) is 21.3 Å². The molecule has 1 heterocycles. The third-order valence-corrected chi connectivity index (χ3v) is 5.44. The van der Waals surface area contributed by atoms with Crippen LogP contribution in [0, 0.1) is 6.92 Å². The molecule has 1 aromatic heterocycles. The maximum Gasteiger partial charge on any atom is 0.261 e. The highest BCUT2D eigenvalue weighted by molar-refractivity contribution is 7.92. The fourth-order valence-corrected chi connectivity index (χ4v) is 3.89. The molecule has 2 N–H and O–H groups in total. The molecule has 1 amide bonds. The van der Waals surface area contributed by atoms with E-state index in [0.29, 0.717) is 22.9 Å². The number of sulfonamides is 1. The Morgan fingerprint density at radius 2 is 1.89 bits per heavy atom. The maximum absolute atomic E-state index is 12.7. The summed E-state index contributed by atoms with van der Waals surface area (Å²) in [5.41, 5.74) is 2.17. The quantitative estimate of drug-likeness (QED) is 0.657. The Balaban J connectivity index is 1.88. The largest absolute Gasteiger partial charge is 0.325 e. The van der Waals surface area contributed by atoms with Crippen molar-refractivity contribution in [3.8, 4) is 11.3 Å². The van der Waals surface area contributed by atoms with Gasteiger partial charge in [-0.2, -0.15) is 0 Å². The van der Waals surface area contributed by atoms with E-state index in [-0.39, 0.29) is 15.8 Å². The van der Waals surface area contributed by atoms with Crippen LogP contribution in [0.15, 0.2) is 59.6 Å². The Hall–Kier alpha value is -2.97. The number of hydrogen-bond donors (Lipinski definition) is 2. The molecule has 9 heteroatoms. The Labute approximate surface area is 167 Å². The van der Waals surface area contributed by atoms with Crippen molar-refractivity contribution in [1.82, 2.24) is 9.97 Å². The van der Waals surface area contributed by atoms with Gasteiger partial charge in [-0.25, -0.2) is 18.4 Å². The minimum absolute atomic E-state index is 0.0186. The first-order valence-electron chi connectivity index (χ1n) is 8.25. The molecular formula is C19H17ClN4O3S. The fourth-order valence-electron chi connectivity index (χ4n) is 2.53. The van der Waals surface area contributed by atoms with Crippen LogP contribution in [-0.2, 0) is 14.8 Å². The Morgan fingerprint density at radius 3 is 2.57 bits per heavy atom. The third kappa shape index (κ3) is 4.65. The summed E-state index contributed by atoms with van der Waals surface area (Å²) in [4.78, 5) is 19.5. The molecule has 0 spiro atoms. The predicted octanol–water partition coefficient (Wildman–Crippen LogP) is 3.86. The summed E-state index contributed by atoms with van der Waals surface area (Å²) < 4.78 is 27.9. The van der Waals surface area contributed by atoms with Crippen molar-refractivity contribution >= 4 is 38.9 Å². The molecule has 3 aromatic rings. The number of carbonyl (C=O) groups is 1. The molecule has 2 aromatic carbocycles. The summed E-state index contributed by atoms with van der Waals surface area (Å²) in [6, 6.07) is 12.7. The number of carbonyl (C=O) groups excluding carboxylic acids is 1. The number of benzene rings is 2. The normalized spacial score (nSPS) is 11.1. The smallest absolute Gasteiger partial charge is 0.261 e. The van der Waals surface area contributed by atoms with Crippen molar-refractivity contribution in [3.05, 3.63) is 65.6 Å². The second kappa shape index (κ2) is 7.95. The van der Waals surface area contributed by atoms with E-state index in [1.165, 1.54) is 25.1 Å². The zero-order valence-corrected chi connectivity index (χ0v) is 16.7. The van der Waals surface area contributed by atoms with Gasteiger partial charge in [0.1, 0.15) is 5.82 Å². The summed E-state index contributed by atoms with van der Waals surface area (Å²) >= 11 is 6.08. The van der Waals surface area contributed by atoms with Crippen molar-refractivity contribution in [2.75, 3.05) is 10.0 Å². The standard InChI is InChI=1S/C19H17ClN4O3S/c1-12-21-9-8-18(22-12)14-4-3-5-15(10-14)24-28(26,27)16-6-7-19(17(20)11-16)23-13(2)25/h3-11,24H,1-2H3,(H,23,25). The SMILES string of the molecule is CC(=O)Nc1ccc(S(=O)(=O)Nc2cccc(-c3ccnc(C)n3)c2)cc1Cl. The molecule has 7 nitrogen and oxygen atoms in total. The summed E-state index contributed by atoms with van der Waals surface area (Å²) in [6.07, 6.45) is 1.65. The average molecular weight is 417 g/mol. The lowest BCUT2D eigenvalue weighted by Gasteiger charge is -2.11. The van der Waals surface area contributed by atoms with Crippen LogP contribution in [0.3, 0.4) is 0 Å². The van der Waals surface area contributed by atoms with Gasteiger partial charge in [0.25, 0.3) is 10.0 Å². The van der Waals surface area contributed by atoms with Gasteiger partial charge in [-0.1, -0.05) is 23.7 Å². The van der Waals surface area contributed by atoms with Crippen LogP contribution in [-0.4, -0.2) is 24.3 Å². The maximum atomic E-state index is 12.7. The minimum atomic E-state index is -3.87. The molecule has 0 aliphatic carbocycles. The summed E-state index contributed by atoms with van der Waals surface area (Å²) in [5.74, 6) is 0.324. The zero-order valence-electron chi connectivity index (χ0n) is 15.1. The van der Waals surface area contributed by atoms with Gasteiger partial charge in [0.15, 0.2) is 0 Å². The van der Waals surface area contributed by atoms with E-state index < -0.39 is 10.0 Å². The zero-order chi connectivity index (χ0) is 20.3. The molecule has 144 valence electrons. The van der Waals surface area contributed by atoms with Crippen LogP contribution >= 0.6 is 11.6 Å². The number of halogens is 1. The lowest BCUT2D eigenvalue weighted by Crippen LogP contribution is -2.13. The third-order valence-electron chi connectivity index (χ3n) is 3.75. The Morgan fingerprint density at radius 1 is 1.11 bits per heavy atom. The van der Waals surface area contributed by atoms with E-state index in [9.17, 15) is 13.2 Å². The second-order valence-corrected chi connectivity index (χ2v) is 8.09. The number of aryl methyl sites for hydroxylation is 1. The average Bonchev–Trinajstić information content (AvgIpc) is 2.63. The molecule has 0 atom stereocenters. The fraction of sp³-hybridized carbons (Fsp3) is 0.105. The van der Waals surface area contributed by atoms with E-state index in [2.05, 4.69) is 20.0 Å². The van der Waals surface area contributed by atoms with Crippen LogP contribution in [0.5, 0.6) is 0 Å². The number of aromatic nitrogens is 2. The van der Waals surface area contributed by atoms with E-state index in [4.69, 9.17) is 11.6 Å². The van der Waals surface area contributed by atoms with Gasteiger partial charge in [0.2, 0.25) is 5.91 Å². The summed E-state index contributed by atoms with van der Waals surface area (Å²) in [6.45, 7) is 3.12. The first kappa shape index (κ1) is 19.8. The predicted molar refractivity (Wildman–Crippen MR) is 109 cm³/mol. The van der Waals surface area contributed by atoms with Gasteiger partial charge in [-0.15, -0.1) is 0 Å². The highest BCUT2D eigenvalue weighted by Crippen LogP contribution is 2.27. The Kier molecular flexibility index (Phi) is 5.62. The summed E-state index contributed by atoms with van der Waals surface area (Å²) in [5, 5.41) is 2.66. The number of anilines is 2. The van der Waals surface area contributed by atoms with Gasteiger partial charge >= 0.3 is 0 Å². The first-order valence-corrected chi connectivity index (χ1v) is 10.1. The Bertz CT molecular complexity index is 1150. The topological polar surface area (TPSA) is 101 Å². The number of amides is 1. The highest BCUT2D eigenvalue weighted by atomic mass is 35.5. The number of rotatable bonds is 5. The van der Waals surface area contributed by atoms with Gasteiger partial charge in [-0.05, 0) is 43.3 Å². The molecule has 0 fully saturated rings. The van der Waals surface area contributed by atoms with Crippen molar-refractivity contribution < 1.29 is 13.2 Å². The number of hydrogen-bond acceptors (Lipinski definition) is 5. The molecule has 28 heavy (non-hydrogen) atoms. The van der Waals surface area contributed by atoms with Crippen molar-refractivity contribution in [2.24, 2.45) is 0 Å². The molecule has 0 aliphatic rings. The lowest BCUT2D eigenvalue weighted by molar-refractivity contribution is -0.114. The molecule has 0 saturated heterocycles. The highest BCUT2D eigenvalue weighted by Gasteiger charge is 2.17. The monoisotopic (exact) mass is 416 g/mol. The number of nitrogens with one attached hydrogen (secondary N) is 2. The molecular weight excluding hydrogens is 400 g/mol. The van der Waals surface area contributed by atoms with Crippen molar-refractivity contribution in [2.45, 2.75) is 18.7 Å². The van der Waals surface area contributed by atoms with Gasteiger partial charge in [-0.3, -0.25) is 9.52 Å². The van der Waals surface area contributed by atoms with Crippen LogP contribution in [0.1, 0.15) is 12.7 Å². The molecule has 3 rings (SSSR count). The molecule has 0 radical (unpaired) electrons. The summed E-state index contributed by atoms with van der Waals surface area (Å²) in [7, 11) is -3.87. The van der Waals surface area contributed by atoms with E-state index in [1.807, 2.05) is 6.07 Å². The number of nitrogens with zero attached hydrogens (tertiary/aromatic N) is 2. The van der Waals surface area contributed by atoms with Gasteiger partial charge < -0.3 is 5.32 Å². The van der Waals surface area contributed by atoms with Crippen molar-refractivity contribution in [3.63, 3.8) is 0 Å². The molecule has 0 aliphatic heterocycles. The van der Waals surface area contributed by atoms with Crippen molar-refractivity contribution in [1.29, 1.82) is 0 Å². The second-order valence-electron chi connectivity index (χ2n) is 6.00. The van der Waals surface area contributed by atoms with Crippen LogP contribution in [0.25, 0.3) is 11.3 Å². The molecule has 0 saturated carbocycles. The van der Waals surface area contributed by atoms with Crippen LogP contribution in [0.2, 0.25) is 5.02 Å². The van der Waals surface area contributed by atoms with Crippen LogP contribution in [0.4, 0.5) is 11.4 Å². The lowest BCUT2D eigenvalue weighted by atomic mass is 10.1. The minimum Gasteiger partial charge on any atom is -0.325 e. The van der Waals surface area contributed by atoms with E-state index in [0.717, 1.165) is 5.56 Å². The van der Waals surface area contributed by atoms with Crippen LogP contribution < -0.4 is 10.0 Å². The first-order chi connectivity index (χ1) is 13.2.